The summed E-state index contributed by atoms with van der Waals surface area (Å²) in [4.78, 5) is 14.1. The van der Waals surface area contributed by atoms with Gasteiger partial charge in [0.1, 0.15) is 22.5 Å². The number of carbonyl (C=O) groups is 1. The van der Waals surface area contributed by atoms with E-state index in [4.69, 9.17) is 9.47 Å². The number of fused-ring (bicyclic) bond motifs is 1. The highest BCUT2D eigenvalue weighted by Gasteiger charge is 2.25. The molecule has 0 aliphatic heterocycles. The largest absolute Gasteiger partial charge is 0.472 e. The molecular weight excluding hydrogens is 354 g/mol. The molecule has 0 bridgehead atoms. The summed E-state index contributed by atoms with van der Waals surface area (Å²) in [6.07, 6.45) is -0.882. The van der Waals surface area contributed by atoms with Gasteiger partial charge in [0.25, 0.3) is 0 Å². The monoisotopic (exact) mass is 373 g/mol. The Bertz CT molecular complexity index is 1060. The molecule has 0 aliphatic rings. The summed E-state index contributed by atoms with van der Waals surface area (Å²) in [6, 6.07) is 24.3. The number of carbonyl (C=O) groups excluding carboxylic acids is 1. The van der Waals surface area contributed by atoms with Gasteiger partial charge in [0.15, 0.2) is 0 Å². The van der Waals surface area contributed by atoms with Crippen LogP contribution in [-0.2, 0) is 9.53 Å². The van der Waals surface area contributed by atoms with E-state index in [-0.39, 0.29) is 6.61 Å². The smallest absolute Gasteiger partial charge is 0.352 e. The number of rotatable bonds is 6. The maximum atomic E-state index is 12.6. The molecule has 1 atom stereocenters. The number of para-hydroxylation sites is 2. The molecule has 3 aromatic carbocycles. The first-order valence-corrected chi connectivity index (χ1v) is 9.06. The first-order chi connectivity index (χ1) is 13.8. The first kappa shape index (κ1) is 17.7. The summed E-state index contributed by atoms with van der Waals surface area (Å²) in [5.41, 5.74) is 2.92. The third-order valence-corrected chi connectivity index (χ3v) is 4.22. The molecule has 4 aromatic rings. The average Bonchev–Trinajstić information content (AvgIpc) is 3.17. The van der Waals surface area contributed by atoms with Gasteiger partial charge in [-0.3, -0.25) is 0 Å². The molecule has 28 heavy (non-hydrogen) atoms. The van der Waals surface area contributed by atoms with Gasteiger partial charge in [-0.05, 0) is 31.2 Å². The quantitative estimate of drug-likeness (QED) is 0.476. The molecule has 0 N–H and O–H groups in total. The number of benzene rings is 3. The molecule has 0 radical (unpaired) electrons. The topological polar surface area (TPSA) is 66.2 Å². The molecule has 0 saturated heterocycles. The Labute approximate surface area is 162 Å². The van der Waals surface area contributed by atoms with Gasteiger partial charge >= 0.3 is 5.97 Å². The minimum atomic E-state index is -0.882. The minimum absolute atomic E-state index is 0.277. The van der Waals surface area contributed by atoms with Crippen molar-refractivity contribution in [1.82, 2.24) is 15.0 Å². The minimum Gasteiger partial charge on any atom is -0.472 e. The highest BCUT2D eigenvalue weighted by molar-refractivity contribution is 5.77. The lowest BCUT2D eigenvalue weighted by atomic mass is 10.1. The van der Waals surface area contributed by atoms with Crippen LogP contribution in [0, 0.1) is 0 Å². The molecule has 0 spiro atoms. The summed E-state index contributed by atoms with van der Waals surface area (Å²) in [5, 5.41) is 9.03. The number of hydrogen-bond donors (Lipinski definition) is 0. The molecule has 6 nitrogen and oxygen atoms in total. The summed E-state index contributed by atoms with van der Waals surface area (Å²) in [5.74, 6) is 0.0480. The number of esters is 1. The second-order valence-electron chi connectivity index (χ2n) is 6.11. The highest BCUT2D eigenvalue weighted by atomic mass is 16.6. The van der Waals surface area contributed by atoms with E-state index in [9.17, 15) is 4.79 Å². The van der Waals surface area contributed by atoms with E-state index in [1.165, 1.54) is 4.80 Å². The lowest BCUT2D eigenvalue weighted by molar-refractivity contribution is -0.151. The van der Waals surface area contributed by atoms with Gasteiger partial charge < -0.3 is 9.47 Å². The highest BCUT2D eigenvalue weighted by Crippen LogP contribution is 2.29. The maximum absolute atomic E-state index is 12.6. The van der Waals surface area contributed by atoms with Crippen molar-refractivity contribution < 1.29 is 14.3 Å². The van der Waals surface area contributed by atoms with E-state index >= 15 is 0 Å². The third kappa shape index (κ3) is 3.57. The molecule has 4 rings (SSSR count). The number of nitrogens with zero attached hydrogens (tertiary/aromatic N) is 3. The standard InChI is InChI=1S/C22H19N3O3/c1-2-27-22(26)21(16-10-4-3-5-11-16)28-20-15-9-8-14-19(20)25-23-17-12-6-7-13-18(17)24-25/h3-15,21H,2H2,1H3. The van der Waals surface area contributed by atoms with E-state index < -0.39 is 12.1 Å². The van der Waals surface area contributed by atoms with Crippen molar-refractivity contribution in [2.45, 2.75) is 13.0 Å². The Kier molecular flexibility index (Phi) is 5.01. The molecule has 0 saturated carbocycles. The van der Waals surface area contributed by atoms with Crippen LogP contribution in [0.2, 0.25) is 0 Å². The molecule has 1 unspecified atom stereocenters. The first-order valence-electron chi connectivity index (χ1n) is 9.06. The fourth-order valence-corrected chi connectivity index (χ4v) is 2.91. The van der Waals surface area contributed by atoms with Crippen LogP contribution < -0.4 is 4.74 Å². The normalized spacial score (nSPS) is 11.9. The maximum Gasteiger partial charge on any atom is 0.352 e. The number of aromatic nitrogens is 3. The van der Waals surface area contributed by atoms with Crippen molar-refractivity contribution >= 4 is 17.0 Å². The number of hydrogen-bond acceptors (Lipinski definition) is 5. The van der Waals surface area contributed by atoms with Gasteiger partial charge in [0.2, 0.25) is 6.10 Å². The van der Waals surface area contributed by atoms with E-state index in [0.29, 0.717) is 17.0 Å². The third-order valence-electron chi connectivity index (χ3n) is 4.22. The fourth-order valence-electron chi connectivity index (χ4n) is 2.91. The predicted octanol–water partition coefficient (Wildman–Crippen LogP) is 4.10. The summed E-state index contributed by atoms with van der Waals surface area (Å²) in [7, 11) is 0. The fraction of sp³-hybridized carbons (Fsp3) is 0.136. The van der Waals surface area contributed by atoms with E-state index in [2.05, 4.69) is 10.2 Å². The molecule has 0 amide bonds. The van der Waals surface area contributed by atoms with Gasteiger partial charge in [0.05, 0.1) is 6.61 Å². The lowest BCUT2D eigenvalue weighted by Gasteiger charge is -2.19. The van der Waals surface area contributed by atoms with Gasteiger partial charge in [-0.15, -0.1) is 15.0 Å². The zero-order valence-corrected chi connectivity index (χ0v) is 15.4. The van der Waals surface area contributed by atoms with Gasteiger partial charge in [0, 0.05) is 5.56 Å². The van der Waals surface area contributed by atoms with Crippen LogP contribution in [0.15, 0.2) is 78.9 Å². The number of ether oxygens (including phenoxy) is 2. The van der Waals surface area contributed by atoms with Gasteiger partial charge in [-0.1, -0.05) is 54.6 Å². The second kappa shape index (κ2) is 7.92. The Morgan fingerprint density at radius 3 is 2.18 bits per heavy atom. The van der Waals surface area contributed by atoms with Crippen molar-refractivity contribution in [2.24, 2.45) is 0 Å². The van der Waals surface area contributed by atoms with E-state index in [1.807, 2.05) is 72.8 Å². The molecule has 0 fully saturated rings. The second-order valence-corrected chi connectivity index (χ2v) is 6.11. The van der Waals surface area contributed by atoms with Crippen LogP contribution in [0.25, 0.3) is 16.7 Å². The van der Waals surface area contributed by atoms with Crippen LogP contribution in [0.5, 0.6) is 5.75 Å². The van der Waals surface area contributed by atoms with E-state index in [0.717, 1.165) is 11.0 Å². The Morgan fingerprint density at radius 2 is 1.50 bits per heavy atom. The summed E-state index contributed by atoms with van der Waals surface area (Å²) in [6.45, 7) is 2.05. The van der Waals surface area contributed by atoms with Crippen LogP contribution >= 0.6 is 0 Å². The van der Waals surface area contributed by atoms with Gasteiger partial charge in [-0.2, -0.15) is 0 Å². The van der Waals surface area contributed by atoms with Crippen molar-refractivity contribution in [3.63, 3.8) is 0 Å². The van der Waals surface area contributed by atoms with Crippen LogP contribution in [0.3, 0.4) is 0 Å². The van der Waals surface area contributed by atoms with Crippen LogP contribution in [0.1, 0.15) is 18.6 Å². The Morgan fingerprint density at radius 1 is 0.893 bits per heavy atom. The Hall–Kier alpha value is -3.67. The molecule has 6 heteroatoms. The zero-order chi connectivity index (χ0) is 19.3. The van der Waals surface area contributed by atoms with Crippen LogP contribution in [-0.4, -0.2) is 27.6 Å². The van der Waals surface area contributed by atoms with Crippen molar-refractivity contribution in [3.8, 4) is 11.4 Å². The molecule has 1 heterocycles. The summed E-state index contributed by atoms with van der Waals surface area (Å²) >= 11 is 0. The molecular formula is C22H19N3O3. The SMILES string of the molecule is CCOC(=O)C(Oc1ccccc1-n1nc2ccccc2n1)c1ccccc1. The van der Waals surface area contributed by atoms with Crippen molar-refractivity contribution in [2.75, 3.05) is 6.61 Å². The van der Waals surface area contributed by atoms with E-state index in [1.54, 1.807) is 13.0 Å². The van der Waals surface area contributed by atoms with Crippen molar-refractivity contribution in [1.29, 1.82) is 0 Å². The average molecular weight is 373 g/mol. The zero-order valence-electron chi connectivity index (χ0n) is 15.4. The van der Waals surface area contributed by atoms with Crippen LogP contribution in [0.4, 0.5) is 0 Å². The molecule has 0 aliphatic carbocycles. The van der Waals surface area contributed by atoms with Gasteiger partial charge in [-0.25, -0.2) is 4.79 Å². The van der Waals surface area contributed by atoms with Crippen molar-refractivity contribution in [3.05, 3.63) is 84.4 Å². The summed E-state index contributed by atoms with van der Waals surface area (Å²) < 4.78 is 11.3. The molecule has 1 aromatic heterocycles. The lowest BCUT2D eigenvalue weighted by Crippen LogP contribution is -2.22. The Balaban J connectivity index is 1.73. The predicted molar refractivity (Wildman–Crippen MR) is 105 cm³/mol. The molecule has 140 valence electrons.